The largest absolute Gasteiger partial charge is 0.484 e. The average Bonchev–Trinajstić information content (AvgIpc) is 2.72. The minimum Gasteiger partial charge on any atom is -0.484 e. The van der Waals surface area contributed by atoms with E-state index in [0.717, 1.165) is 26.1 Å². The fourth-order valence-corrected chi connectivity index (χ4v) is 3.64. The molecule has 28 heavy (non-hydrogen) atoms. The van der Waals surface area contributed by atoms with Gasteiger partial charge in [-0.15, -0.1) is 0 Å². The Labute approximate surface area is 168 Å². The molecule has 3 rings (SSSR count). The first kappa shape index (κ1) is 20.4. The van der Waals surface area contributed by atoms with Crippen LogP contribution in [0.1, 0.15) is 44.7 Å². The number of ether oxygens (including phenoxy) is 2. The van der Waals surface area contributed by atoms with E-state index in [4.69, 9.17) is 9.47 Å². The Kier molecular flexibility index (Phi) is 6.40. The molecule has 4 heteroatoms. The van der Waals surface area contributed by atoms with Gasteiger partial charge in [0.05, 0.1) is 0 Å². The molecule has 0 radical (unpaired) electrons. The molecule has 4 nitrogen and oxygen atoms in total. The van der Waals surface area contributed by atoms with E-state index in [2.05, 4.69) is 62.5 Å². The molecule has 1 amide bonds. The van der Waals surface area contributed by atoms with Crippen LogP contribution >= 0.6 is 0 Å². The van der Waals surface area contributed by atoms with E-state index in [1.807, 2.05) is 18.2 Å². The van der Waals surface area contributed by atoms with E-state index in [1.54, 1.807) is 0 Å². The van der Waals surface area contributed by atoms with Crippen LogP contribution in [0.4, 0.5) is 0 Å². The summed E-state index contributed by atoms with van der Waals surface area (Å²) in [5.41, 5.74) is 2.54. The van der Waals surface area contributed by atoms with Crippen LogP contribution in [-0.2, 0) is 20.4 Å². The molecule has 0 atom stereocenters. The summed E-state index contributed by atoms with van der Waals surface area (Å²) in [5, 5.41) is 3.08. The predicted octanol–water partition coefficient (Wildman–Crippen LogP) is 4.23. The van der Waals surface area contributed by atoms with E-state index < -0.39 is 0 Å². The summed E-state index contributed by atoms with van der Waals surface area (Å²) in [6.45, 7) is 8.60. The van der Waals surface area contributed by atoms with Gasteiger partial charge in [-0.2, -0.15) is 0 Å². The van der Waals surface area contributed by atoms with Gasteiger partial charge in [-0.25, -0.2) is 0 Å². The summed E-state index contributed by atoms with van der Waals surface area (Å²) in [4.78, 5) is 12.4. The van der Waals surface area contributed by atoms with E-state index >= 15 is 0 Å². The zero-order valence-electron chi connectivity index (χ0n) is 17.2. The number of rotatable bonds is 6. The van der Waals surface area contributed by atoms with Gasteiger partial charge in [0.1, 0.15) is 5.75 Å². The van der Waals surface area contributed by atoms with Crippen LogP contribution in [0.2, 0.25) is 0 Å². The molecule has 1 fully saturated rings. The van der Waals surface area contributed by atoms with Crippen LogP contribution in [0, 0.1) is 0 Å². The lowest BCUT2D eigenvalue weighted by atomic mass is 9.74. The lowest BCUT2D eigenvalue weighted by molar-refractivity contribution is -0.123. The number of carbonyl (C=O) groups excluding carboxylic acids is 1. The monoisotopic (exact) mass is 381 g/mol. The van der Waals surface area contributed by atoms with Crippen molar-refractivity contribution in [1.82, 2.24) is 5.32 Å². The van der Waals surface area contributed by atoms with Crippen molar-refractivity contribution in [2.24, 2.45) is 0 Å². The van der Waals surface area contributed by atoms with E-state index in [-0.39, 0.29) is 23.3 Å². The molecule has 2 aromatic carbocycles. The first-order valence-corrected chi connectivity index (χ1v) is 10.0. The molecule has 1 aliphatic rings. The van der Waals surface area contributed by atoms with Gasteiger partial charge in [-0.1, -0.05) is 63.2 Å². The van der Waals surface area contributed by atoms with E-state index in [1.165, 1.54) is 11.1 Å². The van der Waals surface area contributed by atoms with Crippen molar-refractivity contribution >= 4 is 5.91 Å². The van der Waals surface area contributed by atoms with Crippen molar-refractivity contribution < 1.29 is 14.3 Å². The van der Waals surface area contributed by atoms with Gasteiger partial charge in [0.25, 0.3) is 5.91 Å². The van der Waals surface area contributed by atoms with Crippen molar-refractivity contribution in [2.75, 3.05) is 26.4 Å². The van der Waals surface area contributed by atoms with Crippen LogP contribution < -0.4 is 10.1 Å². The molecule has 1 N–H and O–H groups in total. The number of carbonyl (C=O) groups is 1. The van der Waals surface area contributed by atoms with Crippen LogP contribution in [0.15, 0.2) is 54.6 Å². The van der Waals surface area contributed by atoms with E-state index in [0.29, 0.717) is 12.3 Å². The van der Waals surface area contributed by atoms with Crippen molar-refractivity contribution in [3.8, 4) is 5.75 Å². The molecular formula is C24H31NO3. The molecule has 1 saturated heterocycles. The SMILES string of the molecule is CC(C)(C)c1ccc(OCC(=O)NCC2(c3ccccc3)CCOCC2)cc1. The maximum absolute atomic E-state index is 12.4. The van der Waals surface area contributed by atoms with Gasteiger partial charge in [0.2, 0.25) is 0 Å². The summed E-state index contributed by atoms with van der Waals surface area (Å²) in [5.74, 6) is 0.619. The van der Waals surface area contributed by atoms with Gasteiger partial charge >= 0.3 is 0 Å². The molecule has 150 valence electrons. The molecule has 1 heterocycles. The maximum atomic E-state index is 12.4. The Bertz CT molecular complexity index is 757. The summed E-state index contributed by atoms with van der Waals surface area (Å²) < 4.78 is 11.2. The van der Waals surface area contributed by atoms with Crippen LogP contribution in [0.5, 0.6) is 5.75 Å². The average molecular weight is 382 g/mol. The Morgan fingerprint density at radius 1 is 1.04 bits per heavy atom. The van der Waals surface area contributed by atoms with Crippen LogP contribution in [-0.4, -0.2) is 32.3 Å². The second-order valence-corrected chi connectivity index (χ2v) is 8.60. The molecular weight excluding hydrogens is 350 g/mol. The molecule has 0 aliphatic carbocycles. The third-order valence-corrected chi connectivity index (χ3v) is 5.55. The molecule has 2 aromatic rings. The van der Waals surface area contributed by atoms with Crippen molar-refractivity contribution in [3.05, 3.63) is 65.7 Å². The molecule has 0 aromatic heterocycles. The Morgan fingerprint density at radius 3 is 2.29 bits per heavy atom. The minimum atomic E-state index is -0.0957. The Morgan fingerprint density at radius 2 is 1.68 bits per heavy atom. The smallest absolute Gasteiger partial charge is 0.257 e. The zero-order chi connectivity index (χ0) is 20.0. The topological polar surface area (TPSA) is 47.6 Å². The first-order valence-electron chi connectivity index (χ1n) is 10.0. The lowest BCUT2D eigenvalue weighted by Crippen LogP contribution is -2.45. The summed E-state index contributed by atoms with van der Waals surface area (Å²) >= 11 is 0. The maximum Gasteiger partial charge on any atom is 0.257 e. The highest BCUT2D eigenvalue weighted by Gasteiger charge is 2.34. The van der Waals surface area contributed by atoms with Crippen LogP contribution in [0.3, 0.4) is 0 Å². The predicted molar refractivity (Wildman–Crippen MR) is 112 cm³/mol. The summed E-state index contributed by atoms with van der Waals surface area (Å²) in [6.07, 6.45) is 1.82. The number of benzene rings is 2. The molecule has 0 bridgehead atoms. The van der Waals surface area contributed by atoms with Gasteiger partial charge in [0.15, 0.2) is 6.61 Å². The Hall–Kier alpha value is -2.33. The summed E-state index contributed by atoms with van der Waals surface area (Å²) in [6, 6.07) is 18.4. The zero-order valence-corrected chi connectivity index (χ0v) is 17.2. The molecule has 1 aliphatic heterocycles. The van der Waals surface area contributed by atoms with Gasteiger partial charge in [-0.05, 0) is 41.5 Å². The molecule has 0 spiro atoms. The first-order chi connectivity index (χ1) is 13.4. The second-order valence-electron chi connectivity index (χ2n) is 8.60. The third kappa shape index (κ3) is 5.14. The number of amides is 1. The summed E-state index contributed by atoms with van der Waals surface area (Å²) in [7, 11) is 0. The van der Waals surface area contributed by atoms with Gasteiger partial charge in [-0.3, -0.25) is 4.79 Å². The quantitative estimate of drug-likeness (QED) is 0.815. The molecule has 0 unspecified atom stereocenters. The fourth-order valence-electron chi connectivity index (χ4n) is 3.64. The second kappa shape index (κ2) is 8.78. The lowest BCUT2D eigenvalue weighted by Gasteiger charge is -2.38. The van der Waals surface area contributed by atoms with Crippen molar-refractivity contribution in [2.45, 2.75) is 44.4 Å². The number of nitrogens with one attached hydrogen (secondary N) is 1. The van der Waals surface area contributed by atoms with Crippen molar-refractivity contribution in [1.29, 1.82) is 0 Å². The highest BCUT2D eigenvalue weighted by Crippen LogP contribution is 2.34. The van der Waals surface area contributed by atoms with E-state index in [9.17, 15) is 4.79 Å². The van der Waals surface area contributed by atoms with Gasteiger partial charge in [0, 0.05) is 25.2 Å². The van der Waals surface area contributed by atoms with Crippen molar-refractivity contribution in [3.63, 3.8) is 0 Å². The molecule has 0 saturated carbocycles. The van der Waals surface area contributed by atoms with Crippen LogP contribution in [0.25, 0.3) is 0 Å². The standard InChI is InChI=1S/C24H31NO3/c1-23(2,3)19-9-11-21(12-10-19)28-17-22(26)25-18-24(13-15-27-16-14-24)20-7-5-4-6-8-20/h4-12H,13-18H2,1-3H3,(H,25,26). The fraction of sp³-hybridized carbons (Fsp3) is 0.458. The number of hydrogen-bond acceptors (Lipinski definition) is 3. The van der Waals surface area contributed by atoms with Gasteiger partial charge < -0.3 is 14.8 Å². The highest BCUT2D eigenvalue weighted by molar-refractivity contribution is 5.77. The highest BCUT2D eigenvalue weighted by atomic mass is 16.5. The number of hydrogen-bond donors (Lipinski definition) is 1. The minimum absolute atomic E-state index is 0.0240. The third-order valence-electron chi connectivity index (χ3n) is 5.55. The Balaban J connectivity index is 1.55. The normalized spacial score (nSPS) is 16.4.